The Hall–Kier alpha value is -4.16. The van der Waals surface area contributed by atoms with Gasteiger partial charge in [0.2, 0.25) is 0 Å². The van der Waals surface area contributed by atoms with E-state index < -0.39 is 0 Å². The third-order valence-corrected chi connectivity index (χ3v) is 9.66. The molecular weight excluding hydrogens is 627 g/mol. The summed E-state index contributed by atoms with van der Waals surface area (Å²) in [5, 5.41) is 28.4. The van der Waals surface area contributed by atoms with Crippen LogP contribution in [0.2, 0.25) is 10.0 Å². The zero-order chi connectivity index (χ0) is 33.1. The van der Waals surface area contributed by atoms with Crippen LogP contribution in [0.25, 0.3) is 10.9 Å². The summed E-state index contributed by atoms with van der Waals surface area (Å²) in [7, 11) is 0. The number of pyridine rings is 1. The summed E-state index contributed by atoms with van der Waals surface area (Å²) in [4.78, 5) is 7.08. The molecule has 0 aliphatic carbocycles. The Morgan fingerprint density at radius 2 is 1.72 bits per heavy atom. The molecule has 242 valence electrons. The van der Waals surface area contributed by atoms with Crippen LogP contribution in [0, 0.1) is 11.3 Å². The highest BCUT2D eigenvalue weighted by molar-refractivity contribution is 6.36. The minimum atomic E-state index is -0.328. The third-order valence-electron chi connectivity index (χ3n) is 9.12. The lowest BCUT2D eigenvalue weighted by Crippen LogP contribution is -2.46. The molecule has 0 bridgehead atoms. The van der Waals surface area contributed by atoms with Crippen molar-refractivity contribution in [2.75, 3.05) is 30.3 Å². The number of halogens is 2. The monoisotopic (exact) mass is 666 g/mol. The van der Waals surface area contributed by atoms with E-state index in [0.717, 1.165) is 48.3 Å². The van der Waals surface area contributed by atoms with E-state index in [1.54, 1.807) is 6.20 Å². The zero-order valence-corrected chi connectivity index (χ0v) is 28.7. The Morgan fingerprint density at radius 1 is 1.00 bits per heavy atom. The predicted molar refractivity (Wildman–Crippen MR) is 191 cm³/mol. The van der Waals surface area contributed by atoms with Crippen LogP contribution in [0.1, 0.15) is 80.9 Å². The summed E-state index contributed by atoms with van der Waals surface area (Å²) in [6.07, 6.45) is 5.68. The summed E-state index contributed by atoms with van der Waals surface area (Å²) >= 11 is 13.1. The van der Waals surface area contributed by atoms with E-state index in [9.17, 15) is 5.26 Å². The van der Waals surface area contributed by atoms with Crippen LogP contribution in [0.5, 0.6) is 0 Å². The molecule has 0 amide bonds. The second-order valence-electron chi connectivity index (χ2n) is 13.3. The van der Waals surface area contributed by atoms with Gasteiger partial charge in [-0.1, -0.05) is 77.8 Å². The quantitative estimate of drug-likeness (QED) is 0.162. The van der Waals surface area contributed by atoms with Gasteiger partial charge >= 0.3 is 0 Å². The Balaban J connectivity index is 1.31. The van der Waals surface area contributed by atoms with Crippen molar-refractivity contribution in [3.8, 4) is 6.07 Å². The standard InChI is InChI=1S/C37H40Cl2N8/c1-24(25-8-6-5-7-9-25)21-41-34-27(20-40)22-42-36-31(34)18-29(19-32(36)39)43-35(26-10-12-28(38)13-11-26)33-23-47(45-44-33)30-14-16-46(17-15-30)37(2,3)4/h5-13,18-19,22-24,30,35,43H,14-17,21H2,1-4H3,(H,41,42)/t24-,35+/m1/s1. The normalized spacial score (nSPS) is 15.7. The van der Waals surface area contributed by atoms with Gasteiger partial charge in [-0.15, -0.1) is 5.10 Å². The van der Waals surface area contributed by atoms with E-state index in [0.29, 0.717) is 39.4 Å². The second-order valence-corrected chi connectivity index (χ2v) is 14.2. The molecule has 3 aromatic carbocycles. The van der Waals surface area contributed by atoms with Crippen molar-refractivity contribution in [3.05, 3.63) is 112 Å². The Labute approximate surface area is 286 Å². The first kappa shape index (κ1) is 32.8. The molecule has 10 heteroatoms. The van der Waals surface area contributed by atoms with E-state index >= 15 is 0 Å². The van der Waals surface area contributed by atoms with Crippen molar-refractivity contribution in [1.82, 2.24) is 24.9 Å². The average molecular weight is 668 g/mol. The molecular formula is C37H40Cl2N8. The van der Waals surface area contributed by atoms with Crippen LogP contribution >= 0.6 is 23.2 Å². The second kappa shape index (κ2) is 13.9. The maximum atomic E-state index is 10.0. The number of anilines is 2. The fourth-order valence-corrected chi connectivity index (χ4v) is 6.72. The molecule has 1 aliphatic heterocycles. The molecule has 47 heavy (non-hydrogen) atoms. The topological polar surface area (TPSA) is 94.7 Å². The van der Waals surface area contributed by atoms with Gasteiger partial charge in [-0.2, -0.15) is 5.26 Å². The van der Waals surface area contributed by atoms with Gasteiger partial charge in [0, 0.05) is 47.5 Å². The maximum Gasteiger partial charge on any atom is 0.109 e. The number of nitriles is 1. The number of nitrogens with one attached hydrogen (secondary N) is 2. The maximum absolute atomic E-state index is 10.0. The van der Waals surface area contributed by atoms with Crippen LogP contribution in [0.4, 0.5) is 11.4 Å². The van der Waals surface area contributed by atoms with Gasteiger partial charge in [0.25, 0.3) is 0 Å². The number of hydrogen-bond acceptors (Lipinski definition) is 7. The highest BCUT2D eigenvalue weighted by Crippen LogP contribution is 2.36. The van der Waals surface area contributed by atoms with Crippen molar-refractivity contribution in [2.24, 2.45) is 0 Å². The molecule has 2 atom stereocenters. The number of fused-ring (bicyclic) bond motifs is 1. The molecule has 5 aromatic rings. The minimum Gasteiger partial charge on any atom is -0.383 e. The zero-order valence-electron chi connectivity index (χ0n) is 27.2. The van der Waals surface area contributed by atoms with E-state index in [1.165, 1.54) is 5.56 Å². The van der Waals surface area contributed by atoms with Crippen LogP contribution in [-0.2, 0) is 0 Å². The van der Waals surface area contributed by atoms with Crippen molar-refractivity contribution in [3.63, 3.8) is 0 Å². The van der Waals surface area contributed by atoms with E-state index in [4.69, 9.17) is 23.2 Å². The molecule has 0 saturated carbocycles. The van der Waals surface area contributed by atoms with Crippen LogP contribution in [0.15, 0.2) is 79.1 Å². The van der Waals surface area contributed by atoms with E-state index in [1.807, 2.05) is 59.3 Å². The smallest absolute Gasteiger partial charge is 0.109 e. The van der Waals surface area contributed by atoms with Gasteiger partial charge in [-0.25, -0.2) is 4.68 Å². The molecule has 1 fully saturated rings. The summed E-state index contributed by atoms with van der Waals surface area (Å²) in [5.41, 5.74) is 5.72. The molecule has 6 rings (SSSR count). The Morgan fingerprint density at radius 3 is 2.40 bits per heavy atom. The molecule has 2 aromatic heterocycles. The number of piperidine rings is 1. The van der Waals surface area contributed by atoms with Crippen molar-refractivity contribution < 1.29 is 0 Å². The van der Waals surface area contributed by atoms with E-state index in [-0.39, 0.29) is 17.5 Å². The van der Waals surface area contributed by atoms with Crippen molar-refractivity contribution >= 4 is 45.5 Å². The molecule has 1 aliphatic rings. The summed E-state index contributed by atoms with van der Waals surface area (Å²) in [5.74, 6) is 0.223. The molecule has 1 saturated heterocycles. The predicted octanol–water partition coefficient (Wildman–Crippen LogP) is 8.86. The van der Waals surface area contributed by atoms with Crippen LogP contribution < -0.4 is 10.6 Å². The number of benzene rings is 3. The summed E-state index contributed by atoms with van der Waals surface area (Å²) in [6, 6.07) is 24.2. The number of likely N-dealkylation sites (tertiary alicyclic amines) is 1. The molecule has 8 nitrogen and oxygen atoms in total. The van der Waals surface area contributed by atoms with Crippen LogP contribution in [0.3, 0.4) is 0 Å². The third kappa shape index (κ3) is 7.38. The molecule has 2 N–H and O–H groups in total. The fraction of sp³-hybridized carbons (Fsp3) is 0.351. The number of hydrogen-bond donors (Lipinski definition) is 2. The lowest BCUT2D eigenvalue weighted by Gasteiger charge is -2.40. The van der Waals surface area contributed by atoms with Gasteiger partial charge < -0.3 is 10.6 Å². The van der Waals surface area contributed by atoms with E-state index in [2.05, 4.69) is 82.9 Å². The first-order valence-electron chi connectivity index (χ1n) is 16.1. The average Bonchev–Trinajstić information content (AvgIpc) is 3.56. The SMILES string of the molecule is C[C@H](CNc1c(C#N)cnc2c(Cl)cc(N[C@@H](c3ccc(Cl)cc3)c3cn(C4CCN(C(C)(C)C)CC4)nn3)cc12)c1ccccc1. The number of nitrogens with zero attached hydrogens (tertiary/aromatic N) is 6. The molecule has 3 heterocycles. The fourth-order valence-electron chi connectivity index (χ4n) is 6.33. The van der Waals surface area contributed by atoms with Gasteiger partial charge in [0.05, 0.1) is 40.1 Å². The highest BCUT2D eigenvalue weighted by atomic mass is 35.5. The first-order valence-corrected chi connectivity index (χ1v) is 16.9. The Kier molecular flexibility index (Phi) is 9.70. The molecule has 0 spiro atoms. The van der Waals surface area contributed by atoms with Gasteiger partial charge in [0.1, 0.15) is 11.8 Å². The molecule has 0 unspecified atom stereocenters. The number of aromatic nitrogens is 4. The van der Waals surface area contributed by atoms with Crippen molar-refractivity contribution in [1.29, 1.82) is 5.26 Å². The minimum absolute atomic E-state index is 0.155. The lowest BCUT2D eigenvalue weighted by molar-refractivity contribution is 0.0866. The lowest BCUT2D eigenvalue weighted by atomic mass is 9.98. The van der Waals surface area contributed by atoms with Crippen LogP contribution in [-0.4, -0.2) is 50.1 Å². The van der Waals surface area contributed by atoms with Gasteiger partial charge in [-0.05, 0) is 74.9 Å². The highest BCUT2D eigenvalue weighted by Gasteiger charge is 2.29. The largest absolute Gasteiger partial charge is 0.383 e. The number of rotatable bonds is 9. The first-order chi connectivity index (χ1) is 22.6. The summed E-state index contributed by atoms with van der Waals surface area (Å²) < 4.78 is 2.02. The van der Waals surface area contributed by atoms with Gasteiger partial charge in [-0.3, -0.25) is 9.88 Å². The Bertz CT molecular complexity index is 1870. The molecule has 0 radical (unpaired) electrons. The van der Waals surface area contributed by atoms with Gasteiger partial charge in [0.15, 0.2) is 0 Å². The van der Waals surface area contributed by atoms with Crippen molar-refractivity contribution in [2.45, 2.75) is 64.1 Å². The summed E-state index contributed by atoms with van der Waals surface area (Å²) in [6.45, 7) is 11.7.